The summed E-state index contributed by atoms with van der Waals surface area (Å²) in [6.07, 6.45) is -4.93. The van der Waals surface area contributed by atoms with Crippen LogP contribution in [0.25, 0.3) is 16.6 Å². The first-order valence-corrected chi connectivity index (χ1v) is 11.8. The second-order valence-electron chi connectivity index (χ2n) is 8.16. The number of non-ortho nitro benzene ring substituents is 1. The molecule has 8 nitrogen and oxygen atoms in total. The van der Waals surface area contributed by atoms with Gasteiger partial charge in [0.15, 0.2) is 5.16 Å². The Hall–Kier alpha value is -4.19. The predicted molar refractivity (Wildman–Crippen MR) is 134 cm³/mol. The number of para-hydroxylation sites is 1. The van der Waals surface area contributed by atoms with Gasteiger partial charge < -0.3 is 5.32 Å². The van der Waals surface area contributed by atoms with Crippen molar-refractivity contribution in [1.29, 1.82) is 0 Å². The molecule has 0 aliphatic heterocycles. The Morgan fingerprint density at radius 2 is 1.84 bits per heavy atom. The van der Waals surface area contributed by atoms with Crippen molar-refractivity contribution in [1.82, 2.24) is 9.55 Å². The second-order valence-corrected chi connectivity index (χ2v) is 9.11. The van der Waals surface area contributed by atoms with Gasteiger partial charge in [0.05, 0.1) is 38.5 Å². The molecule has 3 aromatic carbocycles. The fourth-order valence-corrected chi connectivity index (χ4v) is 4.59. The molecule has 0 fully saturated rings. The summed E-state index contributed by atoms with van der Waals surface area (Å²) >= 11 is 0.883. The number of halogens is 3. The minimum atomic E-state index is -4.93. The van der Waals surface area contributed by atoms with Crippen molar-refractivity contribution in [3.63, 3.8) is 0 Å². The smallest absolute Gasteiger partial charge is 0.325 e. The first kappa shape index (κ1) is 25.9. The van der Waals surface area contributed by atoms with E-state index in [9.17, 15) is 32.9 Å². The summed E-state index contributed by atoms with van der Waals surface area (Å²) < 4.78 is 41.8. The van der Waals surface area contributed by atoms with Crippen LogP contribution in [-0.4, -0.2) is 26.1 Å². The zero-order valence-corrected chi connectivity index (χ0v) is 20.3. The van der Waals surface area contributed by atoms with E-state index in [0.29, 0.717) is 22.7 Å². The first-order chi connectivity index (χ1) is 17.5. The van der Waals surface area contributed by atoms with Crippen LogP contribution in [0, 0.1) is 24.0 Å². The molecule has 4 aromatic rings. The molecular formula is C25H19F3N4O4S. The minimum absolute atomic E-state index is 0.186. The Balaban J connectivity index is 1.68. The highest BCUT2D eigenvalue weighted by Crippen LogP contribution is 2.37. The molecular weight excluding hydrogens is 509 g/mol. The lowest BCUT2D eigenvalue weighted by Crippen LogP contribution is -2.24. The molecule has 0 saturated carbocycles. The molecule has 0 aliphatic carbocycles. The molecule has 4 rings (SSSR count). The molecule has 0 atom stereocenters. The fourth-order valence-electron chi connectivity index (χ4n) is 3.78. The molecule has 12 heteroatoms. The maximum absolute atomic E-state index is 13.5. The van der Waals surface area contributed by atoms with Crippen LogP contribution in [0.15, 0.2) is 70.6 Å². The number of fused-ring (bicyclic) bond motifs is 1. The zero-order valence-electron chi connectivity index (χ0n) is 19.5. The summed E-state index contributed by atoms with van der Waals surface area (Å²) in [4.78, 5) is 40.5. The Morgan fingerprint density at radius 3 is 2.51 bits per heavy atom. The summed E-state index contributed by atoms with van der Waals surface area (Å²) in [7, 11) is 0. The number of alkyl halides is 3. The quantitative estimate of drug-likeness (QED) is 0.150. The number of hydrogen-bond acceptors (Lipinski definition) is 6. The van der Waals surface area contributed by atoms with Crippen LogP contribution in [0.4, 0.5) is 24.5 Å². The fraction of sp³-hybridized carbons (Fsp3) is 0.160. The van der Waals surface area contributed by atoms with Crippen LogP contribution in [0.5, 0.6) is 0 Å². The van der Waals surface area contributed by atoms with Crippen molar-refractivity contribution < 1.29 is 22.9 Å². The maximum atomic E-state index is 13.5. The third kappa shape index (κ3) is 5.48. The van der Waals surface area contributed by atoms with E-state index in [-0.39, 0.29) is 16.5 Å². The van der Waals surface area contributed by atoms with Crippen LogP contribution in [0.3, 0.4) is 0 Å². The standard InChI is InChI=1S/C25H19F3N4O4S/c1-14-7-10-21(15(2)11-14)31-23(34)17-5-3-4-6-19(17)30-24(31)37-13-22(33)29-20-9-8-16(32(35)36)12-18(20)25(26,27)28/h3-12H,13H2,1-2H3,(H,29,33). The van der Waals surface area contributed by atoms with Crippen LogP contribution in [0.2, 0.25) is 0 Å². The molecule has 0 unspecified atom stereocenters. The van der Waals surface area contributed by atoms with Gasteiger partial charge in [-0.1, -0.05) is 41.6 Å². The molecule has 190 valence electrons. The Bertz CT molecular complexity index is 1600. The van der Waals surface area contributed by atoms with E-state index in [4.69, 9.17) is 0 Å². The van der Waals surface area contributed by atoms with Gasteiger partial charge in [-0.25, -0.2) is 4.98 Å². The molecule has 1 amide bonds. The van der Waals surface area contributed by atoms with Crippen LogP contribution >= 0.6 is 11.8 Å². The largest absolute Gasteiger partial charge is 0.418 e. The van der Waals surface area contributed by atoms with Gasteiger partial charge in [-0.05, 0) is 43.7 Å². The summed E-state index contributed by atoms with van der Waals surface area (Å²) in [6.45, 7) is 3.74. The SMILES string of the molecule is Cc1ccc(-n2c(SCC(=O)Nc3ccc([N+](=O)[O-])cc3C(F)(F)F)nc3ccccc3c2=O)c(C)c1. The normalized spacial score (nSPS) is 11.5. The third-order valence-corrected chi connectivity index (χ3v) is 6.40. The van der Waals surface area contributed by atoms with Gasteiger partial charge in [0.25, 0.3) is 11.2 Å². The number of benzene rings is 3. The third-order valence-electron chi connectivity index (χ3n) is 5.46. The van der Waals surface area contributed by atoms with E-state index in [2.05, 4.69) is 10.3 Å². The van der Waals surface area contributed by atoms with Crippen molar-refractivity contribution in [2.45, 2.75) is 25.2 Å². The number of nitrogens with one attached hydrogen (secondary N) is 1. The van der Waals surface area contributed by atoms with Crippen LogP contribution in [0.1, 0.15) is 16.7 Å². The average Bonchev–Trinajstić information content (AvgIpc) is 2.83. The number of rotatable bonds is 6. The lowest BCUT2D eigenvalue weighted by molar-refractivity contribution is -0.385. The van der Waals surface area contributed by atoms with Crippen molar-refractivity contribution in [3.8, 4) is 5.69 Å². The number of aryl methyl sites for hydroxylation is 2. The molecule has 0 aliphatic rings. The number of nitro groups is 1. The highest BCUT2D eigenvalue weighted by atomic mass is 32.2. The number of hydrogen-bond donors (Lipinski definition) is 1. The number of carbonyl (C=O) groups excluding carboxylic acids is 1. The van der Waals surface area contributed by atoms with E-state index >= 15 is 0 Å². The molecule has 0 saturated heterocycles. The zero-order chi connectivity index (χ0) is 26.9. The van der Waals surface area contributed by atoms with Gasteiger partial charge in [0.2, 0.25) is 5.91 Å². The molecule has 37 heavy (non-hydrogen) atoms. The monoisotopic (exact) mass is 528 g/mol. The molecule has 1 N–H and O–H groups in total. The Labute approximate surface area is 212 Å². The number of carbonyl (C=O) groups is 1. The number of amides is 1. The highest BCUT2D eigenvalue weighted by molar-refractivity contribution is 7.99. The van der Waals surface area contributed by atoms with Gasteiger partial charge in [-0.3, -0.25) is 24.3 Å². The topological polar surface area (TPSA) is 107 Å². The predicted octanol–water partition coefficient (Wildman–Crippen LogP) is 5.66. The second kappa shape index (κ2) is 10.1. The van der Waals surface area contributed by atoms with Crippen molar-refractivity contribution in [2.24, 2.45) is 0 Å². The van der Waals surface area contributed by atoms with Gasteiger partial charge in [-0.15, -0.1) is 0 Å². The summed E-state index contributed by atoms with van der Waals surface area (Å²) in [6, 6.07) is 14.3. The molecule has 0 radical (unpaired) electrons. The summed E-state index contributed by atoms with van der Waals surface area (Å²) in [5, 5.41) is 13.6. The van der Waals surface area contributed by atoms with E-state index in [1.54, 1.807) is 30.3 Å². The van der Waals surface area contributed by atoms with Gasteiger partial charge >= 0.3 is 6.18 Å². The Morgan fingerprint density at radius 1 is 1.11 bits per heavy atom. The molecule has 1 aromatic heterocycles. The average molecular weight is 529 g/mol. The minimum Gasteiger partial charge on any atom is -0.325 e. The van der Waals surface area contributed by atoms with E-state index in [1.807, 2.05) is 26.0 Å². The summed E-state index contributed by atoms with van der Waals surface area (Å²) in [5.74, 6) is -1.18. The van der Waals surface area contributed by atoms with Crippen molar-refractivity contribution >= 4 is 39.9 Å². The molecule has 0 bridgehead atoms. The van der Waals surface area contributed by atoms with Crippen molar-refractivity contribution in [2.75, 3.05) is 11.1 Å². The number of nitro benzene ring substituents is 1. The van der Waals surface area contributed by atoms with Crippen LogP contribution in [-0.2, 0) is 11.0 Å². The van der Waals surface area contributed by atoms with Crippen molar-refractivity contribution in [3.05, 3.63) is 97.8 Å². The molecule has 0 spiro atoms. The lowest BCUT2D eigenvalue weighted by Gasteiger charge is -2.16. The van der Waals surface area contributed by atoms with E-state index in [0.717, 1.165) is 35.0 Å². The Kier molecular flexibility index (Phi) is 7.03. The lowest BCUT2D eigenvalue weighted by atomic mass is 10.1. The highest BCUT2D eigenvalue weighted by Gasteiger charge is 2.35. The van der Waals surface area contributed by atoms with Gasteiger partial charge in [0, 0.05) is 12.1 Å². The van der Waals surface area contributed by atoms with Gasteiger partial charge in [0.1, 0.15) is 0 Å². The maximum Gasteiger partial charge on any atom is 0.418 e. The van der Waals surface area contributed by atoms with E-state index < -0.39 is 33.9 Å². The number of nitrogens with zero attached hydrogens (tertiary/aromatic N) is 3. The van der Waals surface area contributed by atoms with E-state index in [1.165, 1.54) is 4.57 Å². The van der Waals surface area contributed by atoms with Crippen LogP contribution < -0.4 is 10.9 Å². The first-order valence-electron chi connectivity index (χ1n) is 10.8. The molecule has 1 heterocycles. The summed E-state index contributed by atoms with van der Waals surface area (Å²) in [5.41, 5.74) is -0.297. The number of thioether (sulfide) groups is 1. The number of anilines is 1. The number of aromatic nitrogens is 2. The van der Waals surface area contributed by atoms with Gasteiger partial charge in [-0.2, -0.15) is 13.2 Å².